The van der Waals surface area contributed by atoms with Crippen molar-refractivity contribution in [3.05, 3.63) is 77.0 Å². The lowest BCUT2D eigenvalue weighted by Gasteiger charge is -2.10. The van der Waals surface area contributed by atoms with Gasteiger partial charge >= 0.3 is 0 Å². The average molecular weight is 387 g/mol. The van der Waals surface area contributed by atoms with Crippen LogP contribution in [0.2, 0.25) is 0 Å². The number of nitrogens with one attached hydrogen (secondary N) is 1. The van der Waals surface area contributed by atoms with Crippen molar-refractivity contribution in [2.24, 2.45) is 7.05 Å². The number of carbonyl (C=O) groups is 1. The van der Waals surface area contributed by atoms with Gasteiger partial charge in [0.05, 0.1) is 22.4 Å². The molecule has 1 N–H and O–H groups in total. The highest BCUT2D eigenvalue weighted by Crippen LogP contribution is 2.11. The van der Waals surface area contributed by atoms with Crippen LogP contribution in [0.15, 0.2) is 59.9 Å². The molecule has 0 radical (unpaired) electrons. The van der Waals surface area contributed by atoms with Gasteiger partial charge in [-0.15, -0.1) is 0 Å². The van der Waals surface area contributed by atoms with Gasteiger partial charge in [0, 0.05) is 38.5 Å². The zero-order chi connectivity index (χ0) is 20.2. The molecule has 0 aliphatic heterocycles. The molecule has 1 amide bonds. The van der Waals surface area contributed by atoms with Gasteiger partial charge in [-0.2, -0.15) is 0 Å². The molecule has 4 aromatic heterocycles. The first kappa shape index (κ1) is 18.4. The summed E-state index contributed by atoms with van der Waals surface area (Å²) in [6.07, 6.45) is 5.05. The van der Waals surface area contributed by atoms with Crippen LogP contribution in [0.3, 0.4) is 0 Å². The number of rotatable bonds is 5. The van der Waals surface area contributed by atoms with Gasteiger partial charge in [-0.3, -0.25) is 19.1 Å². The van der Waals surface area contributed by atoms with Crippen molar-refractivity contribution in [2.75, 3.05) is 6.54 Å². The van der Waals surface area contributed by atoms with Crippen molar-refractivity contribution in [1.29, 1.82) is 0 Å². The molecule has 9 nitrogen and oxygen atoms in total. The standard InChI is InChI=1S/C20H17N7O2/c1-27-18(26-17(11-19(27)28)14-6-9-21-12-24-14)7-10-23-20(29)16-5-4-13-15(25-16)3-2-8-22-13/h2-6,8-9,11-12H,7,10H2,1H3,(H,23,29). The van der Waals surface area contributed by atoms with Gasteiger partial charge in [-0.1, -0.05) is 0 Å². The van der Waals surface area contributed by atoms with Crippen LogP contribution in [-0.4, -0.2) is 41.9 Å². The summed E-state index contributed by atoms with van der Waals surface area (Å²) in [5.74, 6) is 0.245. The van der Waals surface area contributed by atoms with Gasteiger partial charge in [0.1, 0.15) is 17.8 Å². The first-order valence-electron chi connectivity index (χ1n) is 8.95. The van der Waals surface area contributed by atoms with Crippen LogP contribution in [0.1, 0.15) is 16.3 Å². The minimum atomic E-state index is -0.298. The van der Waals surface area contributed by atoms with E-state index in [4.69, 9.17) is 0 Å². The summed E-state index contributed by atoms with van der Waals surface area (Å²) in [6.45, 7) is 0.305. The molecule has 0 fully saturated rings. The summed E-state index contributed by atoms with van der Waals surface area (Å²) in [4.78, 5) is 45.7. The Balaban J connectivity index is 1.48. The van der Waals surface area contributed by atoms with E-state index >= 15 is 0 Å². The zero-order valence-corrected chi connectivity index (χ0v) is 15.6. The topological polar surface area (TPSA) is 116 Å². The van der Waals surface area contributed by atoms with Crippen molar-refractivity contribution in [3.8, 4) is 11.4 Å². The third-order valence-electron chi connectivity index (χ3n) is 4.39. The molecule has 0 spiro atoms. The van der Waals surface area contributed by atoms with Gasteiger partial charge in [-0.25, -0.2) is 19.9 Å². The number of aromatic nitrogens is 6. The average Bonchev–Trinajstić information content (AvgIpc) is 2.76. The highest BCUT2D eigenvalue weighted by molar-refractivity contribution is 5.94. The maximum absolute atomic E-state index is 12.4. The van der Waals surface area contributed by atoms with Crippen LogP contribution in [0, 0.1) is 0 Å². The third-order valence-corrected chi connectivity index (χ3v) is 4.39. The lowest BCUT2D eigenvalue weighted by atomic mass is 10.2. The summed E-state index contributed by atoms with van der Waals surface area (Å²) < 4.78 is 1.46. The summed E-state index contributed by atoms with van der Waals surface area (Å²) in [5, 5.41) is 2.82. The number of amides is 1. The van der Waals surface area contributed by atoms with E-state index in [1.165, 1.54) is 17.0 Å². The highest BCUT2D eigenvalue weighted by Gasteiger charge is 2.11. The van der Waals surface area contributed by atoms with E-state index in [1.54, 1.807) is 49.8 Å². The number of nitrogens with zero attached hydrogens (tertiary/aromatic N) is 6. The van der Waals surface area contributed by atoms with Crippen molar-refractivity contribution in [3.63, 3.8) is 0 Å². The van der Waals surface area contributed by atoms with Crippen LogP contribution in [0.25, 0.3) is 22.4 Å². The fourth-order valence-corrected chi connectivity index (χ4v) is 2.85. The van der Waals surface area contributed by atoms with Crippen LogP contribution in [0.5, 0.6) is 0 Å². The summed E-state index contributed by atoms with van der Waals surface area (Å²) in [7, 11) is 1.65. The summed E-state index contributed by atoms with van der Waals surface area (Å²) in [6, 6.07) is 10.1. The van der Waals surface area contributed by atoms with E-state index in [9.17, 15) is 9.59 Å². The fourth-order valence-electron chi connectivity index (χ4n) is 2.85. The molecule has 4 aromatic rings. The molecule has 4 heterocycles. The van der Waals surface area contributed by atoms with Crippen LogP contribution in [-0.2, 0) is 13.5 Å². The summed E-state index contributed by atoms with van der Waals surface area (Å²) >= 11 is 0. The molecular formula is C20H17N7O2. The molecule has 144 valence electrons. The van der Waals surface area contributed by atoms with Crippen molar-refractivity contribution in [1.82, 2.24) is 34.8 Å². The number of hydrogen-bond donors (Lipinski definition) is 1. The largest absolute Gasteiger partial charge is 0.350 e. The number of hydrogen-bond acceptors (Lipinski definition) is 7. The van der Waals surface area contributed by atoms with Gasteiger partial charge < -0.3 is 5.32 Å². The van der Waals surface area contributed by atoms with Gasteiger partial charge in [-0.05, 0) is 30.3 Å². The second-order valence-electron chi connectivity index (χ2n) is 6.29. The highest BCUT2D eigenvalue weighted by atomic mass is 16.2. The van der Waals surface area contributed by atoms with Crippen molar-refractivity contribution >= 4 is 16.9 Å². The quantitative estimate of drug-likeness (QED) is 0.546. The molecule has 0 saturated heterocycles. The van der Waals surface area contributed by atoms with Gasteiger partial charge in [0.15, 0.2) is 0 Å². The van der Waals surface area contributed by atoms with Crippen LogP contribution < -0.4 is 10.9 Å². The second-order valence-corrected chi connectivity index (χ2v) is 6.29. The number of fused-ring (bicyclic) bond motifs is 1. The molecule has 0 aliphatic rings. The first-order chi connectivity index (χ1) is 14.1. The van der Waals surface area contributed by atoms with Crippen molar-refractivity contribution < 1.29 is 4.79 Å². The van der Waals surface area contributed by atoms with E-state index in [0.717, 1.165) is 5.52 Å². The molecular weight excluding hydrogens is 370 g/mol. The molecule has 0 aromatic carbocycles. The molecule has 0 unspecified atom stereocenters. The molecule has 0 aliphatic carbocycles. The van der Waals surface area contributed by atoms with Gasteiger partial charge in [0.2, 0.25) is 0 Å². The van der Waals surface area contributed by atoms with E-state index in [0.29, 0.717) is 41.4 Å². The Bertz CT molecular complexity index is 1240. The minimum absolute atomic E-state index is 0.196. The number of carbonyl (C=O) groups excluding carboxylic acids is 1. The zero-order valence-electron chi connectivity index (χ0n) is 15.6. The Labute approximate surface area is 165 Å². The Morgan fingerprint density at radius 3 is 2.76 bits per heavy atom. The maximum atomic E-state index is 12.4. The lowest BCUT2D eigenvalue weighted by Crippen LogP contribution is -2.29. The van der Waals surface area contributed by atoms with Crippen LogP contribution >= 0.6 is 0 Å². The first-order valence-corrected chi connectivity index (χ1v) is 8.95. The lowest BCUT2D eigenvalue weighted by molar-refractivity contribution is 0.0949. The smallest absolute Gasteiger partial charge is 0.269 e. The van der Waals surface area contributed by atoms with E-state index in [1.807, 2.05) is 0 Å². The fraction of sp³-hybridized carbons (Fsp3) is 0.150. The molecule has 0 bridgehead atoms. The van der Waals surface area contributed by atoms with Crippen LogP contribution in [0.4, 0.5) is 0 Å². The Morgan fingerprint density at radius 1 is 1.03 bits per heavy atom. The SMILES string of the molecule is Cn1c(CCNC(=O)c2ccc3ncccc3n2)nc(-c2ccncn2)cc1=O. The normalized spacial score (nSPS) is 10.8. The molecule has 9 heteroatoms. The van der Waals surface area contributed by atoms with Gasteiger partial charge in [0.25, 0.3) is 11.5 Å². The maximum Gasteiger partial charge on any atom is 0.269 e. The Morgan fingerprint density at radius 2 is 1.93 bits per heavy atom. The van der Waals surface area contributed by atoms with E-state index in [2.05, 4.69) is 30.2 Å². The number of pyridine rings is 2. The predicted octanol–water partition coefficient (Wildman–Crippen LogP) is 1.15. The predicted molar refractivity (Wildman–Crippen MR) is 106 cm³/mol. The van der Waals surface area contributed by atoms with Crippen molar-refractivity contribution in [2.45, 2.75) is 6.42 Å². The monoisotopic (exact) mass is 387 g/mol. The van der Waals surface area contributed by atoms with E-state index < -0.39 is 0 Å². The minimum Gasteiger partial charge on any atom is -0.350 e. The molecule has 29 heavy (non-hydrogen) atoms. The molecule has 0 atom stereocenters. The Hall–Kier alpha value is -4.01. The Kier molecular flexibility index (Phi) is 5.02. The molecule has 4 rings (SSSR count). The van der Waals surface area contributed by atoms with E-state index in [-0.39, 0.29) is 11.5 Å². The second kappa shape index (κ2) is 7.93. The third kappa shape index (κ3) is 3.98. The molecule has 0 saturated carbocycles. The summed E-state index contributed by atoms with van der Waals surface area (Å²) in [5.41, 5.74) is 2.53.